The Morgan fingerprint density at radius 3 is 2.48 bits per heavy atom. The monoisotopic (exact) mass is 430 g/mol. The molecule has 2 aromatic rings. The molecule has 0 radical (unpaired) electrons. The average Bonchev–Trinajstić information content (AvgIpc) is 2.59. The lowest BCUT2D eigenvalue weighted by molar-refractivity contribution is -0.115. The van der Waals surface area contributed by atoms with Crippen LogP contribution in [0.3, 0.4) is 0 Å². The molecule has 0 heterocycles. The molecule has 9 heteroatoms. The molecule has 2 aromatic carbocycles. The highest BCUT2D eigenvalue weighted by molar-refractivity contribution is 8.00. The fraction of sp³-hybridized carbons (Fsp3) is 0.278. The number of amides is 1. The molecule has 0 fully saturated rings. The number of nitrogens with zero attached hydrogens (tertiary/aromatic N) is 1. The Hall–Kier alpha value is -1.61. The molecule has 27 heavy (non-hydrogen) atoms. The van der Waals surface area contributed by atoms with Crippen molar-refractivity contribution >= 4 is 45.0 Å². The summed E-state index contributed by atoms with van der Waals surface area (Å²) in [6.07, 6.45) is 0. The lowest BCUT2D eigenvalue weighted by Gasteiger charge is -2.16. The summed E-state index contributed by atoms with van der Waals surface area (Å²) >= 11 is 6.99. The first-order chi connectivity index (χ1) is 12.5. The van der Waals surface area contributed by atoms with Crippen LogP contribution in [0.2, 0.25) is 5.02 Å². The molecule has 0 saturated carbocycles. The molecule has 0 aliphatic carbocycles. The minimum atomic E-state index is -3.60. The summed E-state index contributed by atoms with van der Waals surface area (Å²) < 4.78 is 38.9. The standard InChI is InChI=1S/C18H20ClFN2O3S2/c1-11-5-7-14(27(24,25)22(3)4)10-17(11)21-18(23)12(2)26-13-6-8-16(20)15(19)9-13/h5-10,12H,1-4H3,(H,21,23). The van der Waals surface area contributed by atoms with Crippen LogP contribution in [0.4, 0.5) is 10.1 Å². The summed E-state index contributed by atoms with van der Waals surface area (Å²) in [6, 6.07) is 8.83. The van der Waals surface area contributed by atoms with Crippen LogP contribution < -0.4 is 5.32 Å². The average molecular weight is 431 g/mol. The molecule has 0 spiro atoms. The molecule has 0 saturated heterocycles. The fourth-order valence-electron chi connectivity index (χ4n) is 2.15. The van der Waals surface area contributed by atoms with E-state index in [0.29, 0.717) is 10.6 Å². The Labute approximate surface area is 168 Å². The third-order valence-electron chi connectivity index (χ3n) is 3.82. The molecule has 1 N–H and O–H groups in total. The van der Waals surface area contributed by atoms with Crippen molar-refractivity contribution in [3.05, 3.63) is 52.8 Å². The second-order valence-electron chi connectivity index (χ2n) is 6.09. The second-order valence-corrected chi connectivity index (χ2v) is 10.1. The van der Waals surface area contributed by atoms with Crippen molar-refractivity contribution in [2.24, 2.45) is 0 Å². The molecule has 0 aliphatic heterocycles. The Morgan fingerprint density at radius 2 is 1.89 bits per heavy atom. The van der Waals surface area contributed by atoms with Crippen LogP contribution >= 0.6 is 23.4 Å². The van der Waals surface area contributed by atoms with Gasteiger partial charge in [-0.25, -0.2) is 17.1 Å². The third kappa shape index (κ3) is 5.22. The number of rotatable bonds is 6. The van der Waals surface area contributed by atoms with Crippen LogP contribution in [0.25, 0.3) is 0 Å². The van der Waals surface area contributed by atoms with Crippen molar-refractivity contribution < 1.29 is 17.6 Å². The molecule has 1 atom stereocenters. The highest BCUT2D eigenvalue weighted by Gasteiger charge is 2.20. The van der Waals surface area contributed by atoms with Crippen molar-refractivity contribution in [3.8, 4) is 0 Å². The smallest absolute Gasteiger partial charge is 0.242 e. The Bertz CT molecular complexity index is 965. The minimum Gasteiger partial charge on any atom is -0.325 e. The normalized spacial score (nSPS) is 12.9. The first-order valence-corrected chi connectivity index (χ1v) is 10.7. The molecule has 146 valence electrons. The van der Waals surface area contributed by atoms with Gasteiger partial charge in [-0.15, -0.1) is 11.8 Å². The number of sulfonamides is 1. The largest absolute Gasteiger partial charge is 0.325 e. The number of hydrogen-bond donors (Lipinski definition) is 1. The van der Waals surface area contributed by atoms with Crippen molar-refractivity contribution in [2.75, 3.05) is 19.4 Å². The lowest BCUT2D eigenvalue weighted by atomic mass is 10.2. The van der Waals surface area contributed by atoms with Gasteiger partial charge in [-0.2, -0.15) is 0 Å². The van der Waals surface area contributed by atoms with Crippen LogP contribution in [0.5, 0.6) is 0 Å². The number of carbonyl (C=O) groups excluding carboxylic acids is 1. The zero-order valence-corrected chi connectivity index (χ0v) is 17.7. The van der Waals surface area contributed by atoms with Gasteiger partial charge in [0.15, 0.2) is 0 Å². The van der Waals surface area contributed by atoms with Crippen LogP contribution in [0, 0.1) is 12.7 Å². The van der Waals surface area contributed by atoms with E-state index in [1.165, 1.54) is 50.1 Å². The van der Waals surface area contributed by atoms with Crippen LogP contribution in [-0.4, -0.2) is 38.0 Å². The number of halogens is 2. The zero-order chi connectivity index (χ0) is 20.4. The maximum atomic E-state index is 13.2. The SMILES string of the molecule is Cc1ccc(S(=O)(=O)N(C)C)cc1NC(=O)C(C)Sc1ccc(F)c(Cl)c1. The van der Waals surface area contributed by atoms with E-state index >= 15 is 0 Å². The van der Waals surface area contributed by atoms with E-state index in [1.54, 1.807) is 26.0 Å². The number of benzene rings is 2. The number of aryl methyl sites for hydroxylation is 1. The number of thioether (sulfide) groups is 1. The van der Waals surface area contributed by atoms with Gasteiger partial charge in [0.05, 0.1) is 15.2 Å². The van der Waals surface area contributed by atoms with E-state index in [9.17, 15) is 17.6 Å². The Balaban J connectivity index is 2.18. The first kappa shape index (κ1) is 21.7. The maximum Gasteiger partial charge on any atom is 0.242 e. The van der Waals surface area contributed by atoms with Crippen molar-refractivity contribution in [1.29, 1.82) is 0 Å². The van der Waals surface area contributed by atoms with Crippen molar-refractivity contribution in [1.82, 2.24) is 4.31 Å². The molecule has 2 rings (SSSR count). The predicted molar refractivity (Wildman–Crippen MR) is 107 cm³/mol. The van der Waals surface area contributed by atoms with Gasteiger partial charge in [0.25, 0.3) is 0 Å². The lowest BCUT2D eigenvalue weighted by Crippen LogP contribution is -2.24. The van der Waals surface area contributed by atoms with E-state index in [2.05, 4.69) is 5.32 Å². The first-order valence-electron chi connectivity index (χ1n) is 7.98. The molecule has 1 amide bonds. The quantitative estimate of drug-likeness (QED) is 0.699. The maximum absolute atomic E-state index is 13.2. The zero-order valence-electron chi connectivity index (χ0n) is 15.3. The highest BCUT2D eigenvalue weighted by atomic mass is 35.5. The molecular weight excluding hydrogens is 411 g/mol. The summed E-state index contributed by atoms with van der Waals surface area (Å²) in [6.45, 7) is 3.48. The van der Waals surface area contributed by atoms with Crippen LogP contribution in [0.15, 0.2) is 46.2 Å². The van der Waals surface area contributed by atoms with E-state index in [4.69, 9.17) is 11.6 Å². The summed E-state index contributed by atoms with van der Waals surface area (Å²) in [5.41, 5.74) is 1.16. The van der Waals surface area contributed by atoms with Gasteiger partial charge >= 0.3 is 0 Å². The van der Waals surface area contributed by atoms with Gasteiger partial charge in [0, 0.05) is 24.7 Å². The second kappa shape index (κ2) is 8.60. The Kier molecular flexibility index (Phi) is 6.91. The topological polar surface area (TPSA) is 66.5 Å². The van der Waals surface area contributed by atoms with Crippen molar-refractivity contribution in [2.45, 2.75) is 28.9 Å². The highest BCUT2D eigenvalue weighted by Crippen LogP contribution is 2.29. The van der Waals surface area contributed by atoms with Gasteiger partial charge < -0.3 is 5.32 Å². The van der Waals surface area contributed by atoms with E-state index < -0.39 is 21.1 Å². The number of hydrogen-bond acceptors (Lipinski definition) is 4. The van der Waals surface area contributed by atoms with Gasteiger partial charge in [-0.05, 0) is 49.7 Å². The number of carbonyl (C=O) groups is 1. The minimum absolute atomic E-state index is 0.00922. The van der Waals surface area contributed by atoms with Gasteiger partial charge in [0.2, 0.25) is 15.9 Å². The van der Waals surface area contributed by atoms with Gasteiger partial charge in [-0.1, -0.05) is 17.7 Å². The van der Waals surface area contributed by atoms with Crippen LogP contribution in [-0.2, 0) is 14.8 Å². The van der Waals surface area contributed by atoms with Gasteiger partial charge in [-0.3, -0.25) is 4.79 Å². The summed E-state index contributed by atoms with van der Waals surface area (Å²) in [5.74, 6) is -0.824. The molecule has 0 bridgehead atoms. The van der Waals surface area contributed by atoms with E-state index in [-0.39, 0.29) is 15.8 Å². The summed E-state index contributed by atoms with van der Waals surface area (Å²) in [4.78, 5) is 13.3. The molecule has 0 aromatic heterocycles. The molecular formula is C18H20ClFN2O3S2. The molecule has 5 nitrogen and oxygen atoms in total. The summed E-state index contributed by atoms with van der Waals surface area (Å²) in [7, 11) is -0.714. The third-order valence-corrected chi connectivity index (χ3v) is 7.01. The Morgan fingerprint density at radius 1 is 1.22 bits per heavy atom. The molecule has 1 unspecified atom stereocenters. The summed E-state index contributed by atoms with van der Waals surface area (Å²) in [5, 5.41) is 2.25. The van der Waals surface area contributed by atoms with E-state index in [0.717, 1.165) is 9.87 Å². The van der Waals surface area contributed by atoms with E-state index in [1.807, 2.05) is 0 Å². The van der Waals surface area contributed by atoms with Gasteiger partial charge in [0.1, 0.15) is 5.82 Å². The van der Waals surface area contributed by atoms with Crippen molar-refractivity contribution in [3.63, 3.8) is 0 Å². The number of anilines is 1. The number of nitrogens with one attached hydrogen (secondary N) is 1. The predicted octanol–water partition coefficient (Wildman–Crippen LogP) is 4.16. The fourth-order valence-corrected chi connectivity index (χ4v) is 4.23. The van der Waals surface area contributed by atoms with Crippen LogP contribution in [0.1, 0.15) is 12.5 Å². The molecule has 0 aliphatic rings.